The molecule has 2 N–H and O–H groups in total. The van der Waals surface area contributed by atoms with Crippen molar-refractivity contribution in [1.82, 2.24) is 5.32 Å². The van der Waals surface area contributed by atoms with Gasteiger partial charge in [0.2, 0.25) is 0 Å². The molecule has 2 amide bonds. The summed E-state index contributed by atoms with van der Waals surface area (Å²) in [5.74, 6) is -0.887. The number of nitrogens with one attached hydrogen (secondary N) is 2. The topological polar surface area (TPSA) is 91.2 Å². The van der Waals surface area contributed by atoms with E-state index in [4.69, 9.17) is 4.74 Å². The minimum absolute atomic E-state index is 0.0490. The van der Waals surface area contributed by atoms with Crippen LogP contribution in [0, 0.1) is 17.1 Å². The monoisotopic (exact) mass is 429 g/mol. The first kappa shape index (κ1) is 22.2. The summed E-state index contributed by atoms with van der Waals surface area (Å²) >= 11 is 0. The van der Waals surface area contributed by atoms with Crippen LogP contribution < -0.4 is 15.4 Å². The molecule has 7 heteroatoms. The number of hydrogen-bond acceptors (Lipinski definition) is 4. The van der Waals surface area contributed by atoms with Crippen molar-refractivity contribution in [1.29, 1.82) is 5.26 Å². The number of halogens is 1. The Bertz CT molecular complexity index is 1150. The van der Waals surface area contributed by atoms with E-state index in [1.54, 1.807) is 24.3 Å². The van der Waals surface area contributed by atoms with Gasteiger partial charge in [0.05, 0.1) is 0 Å². The molecule has 160 valence electrons. The van der Waals surface area contributed by atoms with Gasteiger partial charge >= 0.3 is 0 Å². The van der Waals surface area contributed by atoms with Gasteiger partial charge in [0.25, 0.3) is 11.8 Å². The number of rotatable bonds is 8. The fraction of sp³-hybridized carbons (Fsp3) is 0.0800. The van der Waals surface area contributed by atoms with Gasteiger partial charge in [0, 0.05) is 12.2 Å². The summed E-state index contributed by atoms with van der Waals surface area (Å²) in [6, 6.07) is 23.4. The molecule has 0 fully saturated rings. The Morgan fingerprint density at radius 1 is 1.00 bits per heavy atom. The Balaban J connectivity index is 1.58. The van der Waals surface area contributed by atoms with Crippen LogP contribution in [0.15, 0.2) is 84.4 Å². The van der Waals surface area contributed by atoms with Crippen LogP contribution in [0.25, 0.3) is 6.08 Å². The second-order valence-electron chi connectivity index (χ2n) is 6.75. The van der Waals surface area contributed by atoms with Gasteiger partial charge in [0.1, 0.15) is 23.2 Å². The summed E-state index contributed by atoms with van der Waals surface area (Å²) in [5, 5.41) is 14.7. The van der Waals surface area contributed by atoms with Gasteiger partial charge in [-0.05, 0) is 53.6 Å². The zero-order valence-electron chi connectivity index (χ0n) is 17.0. The fourth-order valence-corrected chi connectivity index (χ4v) is 2.76. The van der Waals surface area contributed by atoms with Gasteiger partial charge in [-0.1, -0.05) is 42.5 Å². The van der Waals surface area contributed by atoms with Gasteiger partial charge in [-0.2, -0.15) is 5.26 Å². The van der Waals surface area contributed by atoms with Crippen molar-refractivity contribution in [3.05, 3.63) is 101 Å². The molecule has 0 spiro atoms. The molecule has 3 aromatic rings. The molecule has 0 unspecified atom stereocenters. The van der Waals surface area contributed by atoms with Crippen molar-refractivity contribution < 1.29 is 18.7 Å². The average molecular weight is 429 g/mol. The molecule has 0 bridgehead atoms. The maximum absolute atomic E-state index is 12.9. The van der Waals surface area contributed by atoms with Crippen molar-refractivity contribution in [2.75, 3.05) is 11.9 Å². The smallest absolute Gasteiger partial charge is 0.262 e. The van der Waals surface area contributed by atoms with Gasteiger partial charge in [0.15, 0.2) is 6.61 Å². The van der Waals surface area contributed by atoms with Crippen molar-refractivity contribution in [3.8, 4) is 11.8 Å². The SMILES string of the molecule is N#C/C(=C\c1cccc(OCC(=O)Nc2ccc(F)cc2)c1)C(=O)NCc1ccccc1. The third-order valence-electron chi connectivity index (χ3n) is 4.33. The van der Waals surface area contributed by atoms with E-state index < -0.39 is 17.6 Å². The highest BCUT2D eigenvalue weighted by Gasteiger charge is 2.09. The zero-order chi connectivity index (χ0) is 22.8. The van der Waals surface area contributed by atoms with Gasteiger partial charge < -0.3 is 15.4 Å². The summed E-state index contributed by atoms with van der Waals surface area (Å²) < 4.78 is 18.4. The largest absolute Gasteiger partial charge is 0.484 e. The van der Waals surface area contributed by atoms with Crippen LogP contribution in [0.5, 0.6) is 5.75 Å². The van der Waals surface area contributed by atoms with E-state index >= 15 is 0 Å². The lowest BCUT2D eigenvalue weighted by Crippen LogP contribution is -2.23. The Hall–Kier alpha value is -4.44. The quantitative estimate of drug-likeness (QED) is 0.417. The normalized spacial score (nSPS) is 10.7. The number of carbonyl (C=O) groups excluding carboxylic acids is 2. The molecule has 3 rings (SSSR count). The zero-order valence-corrected chi connectivity index (χ0v) is 17.0. The van der Waals surface area contributed by atoms with Crippen molar-refractivity contribution in [2.45, 2.75) is 6.54 Å². The second-order valence-corrected chi connectivity index (χ2v) is 6.75. The van der Waals surface area contributed by atoms with Gasteiger partial charge in [-0.15, -0.1) is 0 Å². The minimum Gasteiger partial charge on any atom is -0.484 e. The molecular weight excluding hydrogens is 409 g/mol. The molecule has 0 aliphatic rings. The van der Waals surface area contributed by atoms with Gasteiger partial charge in [-0.25, -0.2) is 4.39 Å². The number of anilines is 1. The Morgan fingerprint density at radius 3 is 2.47 bits per heavy atom. The van der Waals surface area contributed by atoms with Crippen molar-refractivity contribution >= 4 is 23.6 Å². The first-order chi connectivity index (χ1) is 15.5. The Morgan fingerprint density at radius 2 is 1.75 bits per heavy atom. The maximum Gasteiger partial charge on any atom is 0.262 e. The first-order valence-electron chi connectivity index (χ1n) is 9.76. The number of ether oxygens (including phenoxy) is 1. The highest BCUT2D eigenvalue weighted by Crippen LogP contribution is 2.16. The molecular formula is C25H20FN3O3. The highest BCUT2D eigenvalue weighted by atomic mass is 19.1. The van der Waals surface area contributed by atoms with E-state index in [9.17, 15) is 19.2 Å². The molecule has 0 aromatic heterocycles. The lowest BCUT2D eigenvalue weighted by molar-refractivity contribution is -0.118. The molecule has 0 radical (unpaired) electrons. The van der Waals surface area contributed by atoms with E-state index in [1.165, 1.54) is 30.3 Å². The average Bonchev–Trinajstić information content (AvgIpc) is 2.82. The van der Waals surface area contributed by atoms with Crippen molar-refractivity contribution in [3.63, 3.8) is 0 Å². The molecule has 0 saturated carbocycles. The van der Waals surface area contributed by atoms with Crippen LogP contribution >= 0.6 is 0 Å². The van der Waals surface area contributed by atoms with E-state index in [1.807, 2.05) is 36.4 Å². The lowest BCUT2D eigenvalue weighted by atomic mass is 10.1. The van der Waals surface area contributed by atoms with Crippen LogP contribution in [-0.2, 0) is 16.1 Å². The Labute approximate surface area is 185 Å². The van der Waals surface area contributed by atoms with Crippen LogP contribution in [0.2, 0.25) is 0 Å². The fourth-order valence-electron chi connectivity index (χ4n) is 2.76. The molecule has 6 nitrogen and oxygen atoms in total. The van der Waals surface area contributed by atoms with Crippen LogP contribution in [0.3, 0.4) is 0 Å². The number of carbonyl (C=O) groups is 2. The number of nitrogens with zero attached hydrogens (tertiary/aromatic N) is 1. The molecule has 0 aliphatic carbocycles. The maximum atomic E-state index is 12.9. The number of nitriles is 1. The third kappa shape index (κ3) is 6.82. The van der Waals surface area contributed by atoms with Crippen molar-refractivity contribution in [2.24, 2.45) is 0 Å². The number of benzene rings is 3. The summed E-state index contributed by atoms with van der Waals surface area (Å²) in [4.78, 5) is 24.4. The second kappa shape index (κ2) is 11.1. The summed E-state index contributed by atoms with van der Waals surface area (Å²) in [6.07, 6.45) is 1.45. The third-order valence-corrected chi connectivity index (χ3v) is 4.33. The molecule has 3 aromatic carbocycles. The summed E-state index contributed by atoms with van der Waals surface area (Å²) in [7, 11) is 0. The predicted molar refractivity (Wildman–Crippen MR) is 119 cm³/mol. The molecule has 0 aliphatic heterocycles. The highest BCUT2D eigenvalue weighted by molar-refractivity contribution is 6.01. The molecule has 0 saturated heterocycles. The molecule has 32 heavy (non-hydrogen) atoms. The van der Waals surface area contributed by atoms with E-state index in [2.05, 4.69) is 10.6 Å². The number of hydrogen-bond donors (Lipinski definition) is 2. The first-order valence-corrected chi connectivity index (χ1v) is 9.76. The Kier molecular flexibility index (Phi) is 7.71. The van der Waals surface area contributed by atoms with Crippen LogP contribution in [0.4, 0.5) is 10.1 Å². The predicted octanol–water partition coefficient (Wildman–Crippen LogP) is 4.07. The van der Waals surface area contributed by atoms with E-state index in [-0.39, 0.29) is 12.2 Å². The van der Waals surface area contributed by atoms with Crippen LogP contribution in [0.1, 0.15) is 11.1 Å². The standard InChI is InChI=1S/C25H20FN3O3/c26-21-9-11-22(12-10-21)29-24(30)17-32-23-8-4-7-19(14-23)13-20(15-27)25(31)28-16-18-5-2-1-3-6-18/h1-14H,16-17H2,(H,28,31)(H,29,30)/b20-13+. The lowest BCUT2D eigenvalue weighted by Gasteiger charge is -2.08. The van der Waals surface area contributed by atoms with E-state index in [0.29, 0.717) is 23.5 Å². The van der Waals surface area contributed by atoms with Gasteiger partial charge in [-0.3, -0.25) is 9.59 Å². The summed E-state index contributed by atoms with van der Waals surface area (Å²) in [5.41, 5.74) is 1.91. The van der Waals surface area contributed by atoms with Crippen LogP contribution in [-0.4, -0.2) is 18.4 Å². The molecule has 0 heterocycles. The van der Waals surface area contributed by atoms with E-state index in [0.717, 1.165) is 5.56 Å². The number of amides is 2. The summed E-state index contributed by atoms with van der Waals surface area (Å²) in [6.45, 7) is 0.0538. The minimum atomic E-state index is -0.485. The molecule has 0 atom stereocenters.